The molecule has 1 aromatic carbocycles. The molecule has 0 amide bonds. The van der Waals surface area contributed by atoms with Crippen LogP contribution in [0.4, 0.5) is 8.78 Å². The highest BCUT2D eigenvalue weighted by Crippen LogP contribution is 2.20. The third kappa shape index (κ3) is 3.30. The fourth-order valence-corrected chi connectivity index (χ4v) is 2.61. The van der Waals surface area contributed by atoms with Crippen LogP contribution in [0.15, 0.2) is 24.4 Å². The van der Waals surface area contributed by atoms with E-state index >= 15 is 0 Å². The Morgan fingerprint density at radius 1 is 1.32 bits per heavy atom. The van der Waals surface area contributed by atoms with Gasteiger partial charge < -0.3 is 4.57 Å². The second kappa shape index (κ2) is 4.90. The standard InChI is InChI=1S/C12H13F2NO3S/c1-8(18-19(2,16)17)7-15-4-3-9-5-10(13)11(14)6-12(9)15/h3-6,8H,7H2,1-2H3/t8-/m0/s1. The maximum absolute atomic E-state index is 13.2. The van der Waals surface area contributed by atoms with Gasteiger partial charge in [0, 0.05) is 17.6 Å². The number of rotatable bonds is 4. The maximum atomic E-state index is 13.2. The number of benzene rings is 1. The Bertz CT molecular complexity index is 709. The van der Waals surface area contributed by atoms with Gasteiger partial charge in [-0.15, -0.1) is 0 Å². The van der Waals surface area contributed by atoms with E-state index < -0.39 is 27.9 Å². The lowest BCUT2D eigenvalue weighted by molar-refractivity contribution is 0.211. The van der Waals surface area contributed by atoms with E-state index in [0.717, 1.165) is 18.4 Å². The van der Waals surface area contributed by atoms with Gasteiger partial charge in [-0.2, -0.15) is 8.42 Å². The summed E-state index contributed by atoms with van der Waals surface area (Å²) in [6, 6.07) is 3.81. The van der Waals surface area contributed by atoms with Crippen LogP contribution in [0.2, 0.25) is 0 Å². The molecule has 0 aliphatic carbocycles. The first-order valence-electron chi connectivity index (χ1n) is 5.58. The van der Waals surface area contributed by atoms with Gasteiger partial charge >= 0.3 is 0 Å². The topological polar surface area (TPSA) is 48.3 Å². The first kappa shape index (κ1) is 14.0. The number of halogens is 2. The van der Waals surface area contributed by atoms with Crippen molar-refractivity contribution in [3.63, 3.8) is 0 Å². The fraction of sp³-hybridized carbons (Fsp3) is 0.333. The third-order valence-electron chi connectivity index (χ3n) is 2.61. The van der Waals surface area contributed by atoms with Crippen LogP contribution in [0.3, 0.4) is 0 Å². The second-order valence-corrected chi connectivity index (χ2v) is 6.00. The van der Waals surface area contributed by atoms with E-state index in [0.29, 0.717) is 10.9 Å². The van der Waals surface area contributed by atoms with Gasteiger partial charge in [0.1, 0.15) is 0 Å². The van der Waals surface area contributed by atoms with E-state index in [4.69, 9.17) is 4.18 Å². The van der Waals surface area contributed by atoms with Crippen molar-refractivity contribution in [3.05, 3.63) is 36.0 Å². The summed E-state index contributed by atoms with van der Waals surface area (Å²) in [4.78, 5) is 0. The minimum Gasteiger partial charge on any atom is -0.345 e. The van der Waals surface area contributed by atoms with Gasteiger partial charge in [0.15, 0.2) is 11.6 Å². The summed E-state index contributed by atoms with van der Waals surface area (Å²) in [7, 11) is -3.54. The summed E-state index contributed by atoms with van der Waals surface area (Å²) in [5.74, 6) is -1.85. The SMILES string of the molecule is C[C@@H](Cn1ccc2cc(F)c(F)cc21)OS(C)(=O)=O. The molecule has 0 radical (unpaired) electrons. The molecule has 0 spiro atoms. The van der Waals surface area contributed by atoms with Gasteiger partial charge in [-0.1, -0.05) is 0 Å². The Kier molecular flexibility index (Phi) is 3.60. The second-order valence-electron chi connectivity index (χ2n) is 4.40. The van der Waals surface area contributed by atoms with Crippen LogP contribution in [-0.2, 0) is 20.8 Å². The lowest BCUT2D eigenvalue weighted by Gasteiger charge is -2.13. The Balaban J connectivity index is 2.29. The van der Waals surface area contributed by atoms with Crippen molar-refractivity contribution in [2.75, 3.05) is 6.26 Å². The van der Waals surface area contributed by atoms with E-state index in [-0.39, 0.29) is 6.54 Å². The Morgan fingerprint density at radius 2 is 1.95 bits per heavy atom. The Morgan fingerprint density at radius 3 is 2.58 bits per heavy atom. The van der Waals surface area contributed by atoms with E-state index in [1.807, 2.05) is 0 Å². The lowest BCUT2D eigenvalue weighted by atomic mass is 10.2. The summed E-state index contributed by atoms with van der Waals surface area (Å²) in [6.45, 7) is 1.81. The zero-order valence-electron chi connectivity index (χ0n) is 10.4. The molecule has 2 rings (SSSR count). The average molecular weight is 289 g/mol. The predicted molar refractivity (Wildman–Crippen MR) is 67.2 cm³/mol. The summed E-state index contributed by atoms with van der Waals surface area (Å²) in [5.41, 5.74) is 0.489. The molecule has 0 bridgehead atoms. The monoisotopic (exact) mass is 289 g/mol. The molecule has 0 fully saturated rings. The molecular formula is C12H13F2NO3S. The molecule has 104 valence electrons. The van der Waals surface area contributed by atoms with E-state index in [1.54, 1.807) is 23.8 Å². The van der Waals surface area contributed by atoms with E-state index in [9.17, 15) is 17.2 Å². The molecule has 0 aliphatic heterocycles. The Hall–Kier alpha value is -1.47. The van der Waals surface area contributed by atoms with Crippen LogP contribution in [0.25, 0.3) is 10.9 Å². The molecule has 19 heavy (non-hydrogen) atoms. The molecule has 0 saturated heterocycles. The largest absolute Gasteiger partial charge is 0.345 e. The van der Waals surface area contributed by atoms with Crippen molar-refractivity contribution in [2.45, 2.75) is 19.6 Å². The number of hydrogen-bond acceptors (Lipinski definition) is 3. The van der Waals surface area contributed by atoms with Crippen molar-refractivity contribution < 1.29 is 21.4 Å². The number of hydrogen-bond donors (Lipinski definition) is 0. The van der Waals surface area contributed by atoms with Crippen molar-refractivity contribution in [2.24, 2.45) is 0 Å². The van der Waals surface area contributed by atoms with E-state index in [2.05, 4.69) is 0 Å². The minimum atomic E-state index is -3.54. The van der Waals surface area contributed by atoms with Crippen LogP contribution in [0.1, 0.15) is 6.92 Å². The highest BCUT2D eigenvalue weighted by atomic mass is 32.2. The van der Waals surface area contributed by atoms with Gasteiger partial charge in [-0.3, -0.25) is 4.18 Å². The van der Waals surface area contributed by atoms with Crippen LogP contribution in [0.5, 0.6) is 0 Å². The summed E-state index contributed by atoms with van der Waals surface area (Å²) in [6.07, 6.45) is 2.00. The quantitative estimate of drug-likeness (QED) is 0.811. The molecule has 7 heteroatoms. The van der Waals surface area contributed by atoms with Crippen LogP contribution >= 0.6 is 0 Å². The summed E-state index contributed by atoms with van der Waals surface area (Å²) in [5, 5.41) is 0.547. The molecule has 0 N–H and O–H groups in total. The van der Waals surface area contributed by atoms with Crippen LogP contribution < -0.4 is 0 Å². The molecule has 0 unspecified atom stereocenters. The predicted octanol–water partition coefficient (Wildman–Crippen LogP) is 2.28. The highest BCUT2D eigenvalue weighted by molar-refractivity contribution is 7.86. The number of aromatic nitrogens is 1. The molecule has 1 aromatic heterocycles. The molecular weight excluding hydrogens is 276 g/mol. The first-order valence-corrected chi connectivity index (χ1v) is 7.40. The summed E-state index contributed by atoms with van der Waals surface area (Å²) < 4.78 is 54.7. The third-order valence-corrected chi connectivity index (χ3v) is 3.28. The average Bonchev–Trinajstić information content (AvgIpc) is 2.59. The molecule has 1 heterocycles. The van der Waals surface area contributed by atoms with Crippen LogP contribution in [-0.4, -0.2) is 25.3 Å². The zero-order chi connectivity index (χ0) is 14.2. The number of fused-ring (bicyclic) bond motifs is 1. The van der Waals surface area contributed by atoms with Crippen molar-refractivity contribution >= 4 is 21.0 Å². The van der Waals surface area contributed by atoms with Crippen molar-refractivity contribution in [3.8, 4) is 0 Å². The van der Waals surface area contributed by atoms with Gasteiger partial charge in [0.25, 0.3) is 10.1 Å². The minimum absolute atomic E-state index is 0.224. The van der Waals surface area contributed by atoms with Crippen LogP contribution in [0, 0.1) is 11.6 Å². The van der Waals surface area contributed by atoms with E-state index in [1.165, 1.54) is 0 Å². The Labute approximate surface area is 109 Å². The maximum Gasteiger partial charge on any atom is 0.264 e. The molecule has 4 nitrogen and oxygen atoms in total. The molecule has 1 atom stereocenters. The van der Waals surface area contributed by atoms with Gasteiger partial charge in [-0.05, 0) is 19.1 Å². The van der Waals surface area contributed by atoms with Gasteiger partial charge in [0.2, 0.25) is 0 Å². The summed E-state index contributed by atoms with van der Waals surface area (Å²) >= 11 is 0. The van der Waals surface area contributed by atoms with Crippen molar-refractivity contribution in [1.82, 2.24) is 4.57 Å². The fourth-order valence-electron chi connectivity index (χ4n) is 1.95. The molecule has 0 aliphatic rings. The smallest absolute Gasteiger partial charge is 0.264 e. The van der Waals surface area contributed by atoms with Gasteiger partial charge in [-0.25, -0.2) is 8.78 Å². The lowest BCUT2D eigenvalue weighted by Crippen LogP contribution is -2.19. The first-order chi connectivity index (χ1) is 8.76. The normalized spacial score (nSPS) is 13.9. The zero-order valence-corrected chi connectivity index (χ0v) is 11.2. The molecule has 0 saturated carbocycles. The number of nitrogens with zero attached hydrogens (tertiary/aromatic N) is 1. The molecule has 2 aromatic rings. The van der Waals surface area contributed by atoms with Gasteiger partial charge in [0.05, 0.1) is 24.4 Å². The highest BCUT2D eigenvalue weighted by Gasteiger charge is 2.13. The van der Waals surface area contributed by atoms with Crippen molar-refractivity contribution in [1.29, 1.82) is 0 Å².